The molecule has 1 N–H and O–H groups in total. The largest absolute Gasteiger partial charge is 0.493 e. The Bertz CT molecular complexity index is 446. The first-order valence-corrected chi connectivity index (χ1v) is 7.92. The van der Waals surface area contributed by atoms with Crippen LogP contribution in [0.4, 0.5) is 0 Å². The van der Waals surface area contributed by atoms with Gasteiger partial charge in [-0.15, -0.1) is 0 Å². The van der Waals surface area contributed by atoms with Gasteiger partial charge in [0.1, 0.15) is 0 Å². The third kappa shape index (κ3) is 5.16. The zero-order chi connectivity index (χ0) is 15.8. The van der Waals surface area contributed by atoms with Crippen LogP contribution in [0.1, 0.15) is 24.8 Å². The fourth-order valence-electron chi connectivity index (χ4n) is 2.78. The summed E-state index contributed by atoms with van der Waals surface area (Å²) in [5.74, 6) is 1.40. The Balaban J connectivity index is 1.73. The minimum atomic E-state index is -0.432. The van der Waals surface area contributed by atoms with Crippen molar-refractivity contribution in [2.45, 2.75) is 32.0 Å². The second kappa shape index (κ2) is 8.98. The SMILES string of the molecule is COc1ccc(COC[C@H](O)CN2CCCCC2)cc1OC. The number of aliphatic hydroxyl groups excluding tert-OH is 1. The molecule has 0 aliphatic carbocycles. The molecule has 1 saturated heterocycles. The van der Waals surface area contributed by atoms with Gasteiger partial charge in [-0.05, 0) is 43.6 Å². The van der Waals surface area contributed by atoms with E-state index >= 15 is 0 Å². The summed E-state index contributed by atoms with van der Waals surface area (Å²) in [5.41, 5.74) is 1.00. The summed E-state index contributed by atoms with van der Waals surface area (Å²) in [6.45, 7) is 3.69. The van der Waals surface area contributed by atoms with Crippen molar-refractivity contribution in [3.8, 4) is 11.5 Å². The number of ether oxygens (including phenoxy) is 3. The molecule has 22 heavy (non-hydrogen) atoms. The highest BCUT2D eigenvalue weighted by Crippen LogP contribution is 2.27. The van der Waals surface area contributed by atoms with Crippen LogP contribution in [-0.4, -0.2) is 56.6 Å². The average molecular weight is 309 g/mol. The minimum Gasteiger partial charge on any atom is -0.493 e. The molecule has 0 unspecified atom stereocenters. The van der Waals surface area contributed by atoms with E-state index in [2.05, 4.69) is 4.90 Å². The Labute approximate surface area is 132 Å². The van der Waals surface area contributed by atoms with Crippen LogP contribution >= 0.6 is 0 Å². The fourth-order valence-corrected chi connectivity index (χ4v) is 2.78. The molecule has 1 fully saturated rings. The first-order valence-electron chi connectivity index (χ1n) is 7.92. The highest BCUT2D eigenvalue weighted by molar-refractivity contribution is 5.42. The van der Waals surface area contributed by atoms with Crippen molar-refractivity contribution in [3.63, 3.8) is 0 Å². The third-order valence-electron chi connectivity index (χ3n) is 3.94. The van der Waals surface area contributed by atoms with Gasteiger partial charge in [0.2, 0.25) is 0 Å². The highest BCUT2D eigenvalue weighted by Gasteiger charge is 2.14. The predicted molar refractivity (Wildman–Crippen MR) is 85.5 cm³/mol. The van der Waals surface area contributed by atoms with E-state index in [1.807, 2.05) is 18.2 Å². The predicted octanol–water partition coefficient (Wildman–Crippen LogP) is 2.07. The Hall–Kier alpha value is -1.30. The quantitative estimate of drug-likeness (QED) is 0.796. The van der Waals surface area contributed by atoms with Gasteiger partial charge in [-0.3, -0.25) is 0 Å². The van der Waals surface area contributed by atoms with E-state index in [4.69, 9.17) is 14.2 Å². The number of piperidine rings is 1. The molecule has 1 aliphatic rings. The number of aliphatic hydroxyl groups is 1. The first-order chi connectivity index (χ1) is 10.7. The number of hydrogen-bond acceptors (Lipinski definition) is 5. The van der Waals surface area contributed by atoms with Gasteiger partial charge in [0.15, 0.2) is 11.5 Å². The molecule has 0 bridgehead atoms. The van der Waals surface area contributed by atoms with Crippen LogP contribution in [0, 0.1) is 0 Å². The molecular weight excluding hydrogens is 282 g/mol. The van der Waals surface area contributed by atoms with Crippen LogP contribution in [-0.2, 0) is 11.3 Å². The topological polar surface area (TPSA) is 51.2 Å². The number of hydrogen-bond donors (Lipinski definition) is 1. The summed E-state index contributed by atoms with van der Waals surface area (Å²) in [5, 5.41) is 10.1. The number of benzene rings is 1. The lowest BCUT2D eigenvalue weighted by Crippen LogP contribution is -2.38. The molecule has 1 aromatic rings. The molecule has 0 saturated carbocycles. The van der Waals surface area contributed by atoms with Crippen LogP contribution in [0.25, 0.3) is 0 Å². The smallest absolute Gasteiger partial charge is 0.161 e. The summed E-state index contributed by atoms with van der Waals surface area (Å²) < 4.78 is 16.1. The maximum Gasteiger partial charge on any atom is 0.161 e. The number of rotatable bonds is 8. The van der Waals surface area contributed by atoms with E-state index in [9.17, 15) is 5.11 Å². The second-order valence-electron chi connectivity index (χ2n) is 5.72. The van der Waals surface area contributed by atoms with Gasteiger partial charge in [0.05, 0.1) is 33.5 Å². The lowest BCUT2D eigenvalue weighted by atomic mass is 10.1. The number of nitrogens with zero attached hydrogens (tertiary/aromatic N) is 1. The van der Waals surface area contributed by atoms with Gasteiger partial charge in [-0.25, -0.2) is 0 Å². The average Bonchev–Trinajstić information content (AvgIpc) is 2.55. The molecule has 0 spiro atoms. The molecular formula is C17H27NO4. The lowest BCUT2D eigenvalue weighted by molar-refractivity contribution is 0.00709. The van der Waals surface area contributed by atoms with Gasteiger partial charge in [0, 0.05) is 6.54 Å². The van der Waals surface area contributed by atoms with E-state index in [-0.39, 0.29) is 0 Å². The highest BCUT2D eigenvalue weighted by atomic mass is 16.5. The third-order valence-corrected chi connectivity index (χ3v) is 3.94. The number of β-amino-alcohol motifs (C(OH)–C–C–N with tert-alkyl or cyclic N) is 1. The van der Waals surface area contributed by atoms with Crippen LogP contribution in [0.3, 0.4) is 0 Å². The normalized spacial score (nSPS) is 17.2. The molecule has 1 aliphatic heterocycles. The Morgan fingerprint density at radius 1 is 1.09 bits per heavy atom. The van der Waals surface area contributed by atoms with Crippen LogP contribution < -0.4 is 9.47 Å². The van der Waals surface area contributed by atoms with Crippen molar-refractivity contribution in [2.24, 2.45) is 0 Å². The van der Waals surface area contributed by atoms with Crippen LogP contribution in [0.2, 0.25) is 0 Å². The molecule has 5 heteroatoms. The minimum absolute atomic E-state index is 0.352. The van der Waals surface area contributed by atoms with Crippen molar-refractivity contribution < 1.29 is 19.3 Å². The van der Waals surface area contributed by atoms with Crippen molar-refractivity contribution in [3.05, 3.63) is 23.8 Å². The van der Waals surface area contributed by atoms with E-state index in [0.717, 1.165) is 18.7 Å². The van der Waals surface area contributed by atoms with Crippen molar-refractivity contribution in [1.82, 2.24) is 4.90 Å². The number of likely N-dealkylation sites (tertiary alicyclic amines) is 1. The molecule has 1 heterocycles. The summed E-state index contributed by atoms with van der Waals surface area (Å²) in [6.07, 6.45) is 3.35. The Morgan fingerprint density at radius 3 is 2.50 bits per heavy atom. The molecule has 0 radical (unpaired) electrons. The standard InChI is InChI=1S/C17H27NO4/c1-20-16-7-6-14(10-17(16)21-2)12-22-13-15(19)11-18-8-4-3-5-9-18/h6-7,10,15,19H,3-5,8-9,11-13H2,1-2H3/t15-/m1/s1. The second-order valence-corrected chi connectivity index (χ2v) is 5.72. The molecule has 124 valence electrons. The van der Waals surface area contributed by atoms with Gasteiger partial charge in [0.25, 0.3) is 0 Å². The molecule has 1 atom stereocenters. The van der Waals surface area contributed by atoms with Crippen molar-refractivity contribution in [1.29, 1.82) is 0 Å². The molecule has 0 aromatic heterocycles. The summed E-state index contributed by atoms with van der Waals surface area (Å²) >= 11 is 0. The van der Waals surface area contributed by atoms with E-state index in [0.29, 0.717) is 31.3 Å². The molecule has 0 amide bonds. The van der Waals surface area contributed by atoms with Crippen molar-refractivity contribution in [2.75, 3.05) is 40.5 Å². The number of methoxy groups -OCH3 is 2. The first kappa shape index (κ1) is 17.1. The van der Waals surface area contributed by atoms with E-state index < -0.39 is 6.10 Å². The van der Waals surface area contributed by atoms with Gasteiger partial charge < -0.3 is 24.2 Å². The molecule has 5 nitrogen and oxygen atoms in total. The molecule has 2 rings (SSSR count). The van der Waals surface area contributed by atoms with Crippen molar-refractivity contribution >= 4 is 0 Å². The summed E-state index contributed by atoms with van der Waals surface area (Å²) in [6, 6.07) is 5.70. The lowest BCUT2D eigenvalue weighted by Gasteiger charge is -2.28. The van der Waals surface area contributed by atoms with Crippen LogP contribution in [0.5, 0.6) is 11.5 Å². The summed E-state index contributed by atoms with van der Waals surface area (Å²) in [4.78, 5) is 2.31. The fraction of sp³-hybridized carbons (Fsp3) is 0.647. The van der Waals surface area contributed by atoms with Gasteiger partial charge in [-0.2, -0.15) is 0 Å². The zero-order valence-electron chi connectivity index (χ0n) is 13.6. The zero-order valence-corrected chi connectivity index (χ0v) is 13.6. The van der Waals surface area contributed by atoms with Gasteiger partial charge >= 0.3 is 0 Å². The monoisotopic (exact) mass is 309 g/mol. The maximum atomic E-state index is 10.1. The maximum absolute atomic E-state index is 10.1. The summed E-state index contributed by atoms with van der Waals surface area (Å²) in [7, 11) is 3.23. The Kier molecular flexibility index (Phi) is 6.96. The van der Waals surface area contributed by atoms with Gasteiger partial charge in [-0.1, -0.05) is 12.5 Å². The van der Waals surface area contributed by atoms with E-state index in [1.165, 1.54) is 19.3 Å². The molecule has 1 aromatic carbocycles. The van der Waals surface area contributed by atoms with E-state index in [1.54, 1.807) is 14.2 Å². The Morgan fingerprint density at radius 2 is 1.82 bits per heavy atom. The van der Waals surface area contributed by atoms with Crippen LogP contribution in [0.15, 0.2) is 18.2 Å².